The lowest BCUT2D eigenvalue weighted by atomic mass is 9.75. The summed E-state index contributed by atoms with van der Waals surface area (Å²) in [7, 11) is 7.02. The Labute approximate surface area is 192 Å². The fourth-order valence-corrected chi connectivity index (χ4v) is 4.52. The van der Waals surface area contributed by atoms with Crippen LogP contribution >= 0.6 is 11.3 Å². The summed E-state index contributed by atoms with van der Waals surface area (Å²) in [5, 5.41) is 2.85. The highest BCUT2D eigenvalue weighted by molar-refractivity contribution is 7.09. The van der Waals surface area contributed by atoms with Crippen molar-refractivity contribution >= 4 is 29.1 Å². The highest BCUT2D eigenvalue weighted by Gasteiger charge is 2.54. The van der Waals surface area contributed by atoms with Crippen molar-refractivity contribution in [3.05, 3.63) is 45.9 Å². The van der Waals surface area contributed by atoms with Crippen LogP contribution in [-0.2, 0) is 26.3 Å². The van der Waals surface area contributed by atoms with Crippen molar-refractivity contribution in [2.45, 2.75) is 31.7 Å². The molecule has 3 rings (SSSR count). The van der Waals surface area contributed by atoms with Gasteiger partial charge in [0.15, 0.2) is 0 Å². The van der Waals surface area contributed by atoms with Gasteiger partial charge in [-0.25, -0.2) is 4.98 Å². The number of nitrogens with zero attached hydrogens (tertiary/aromatic N) is 4. The van der Waals surface area contributed by atoms with Crippen molar-refractivity contribution in [1.29, 1.82) is 0 Å². The molecule has 0 radical (unpaired) electrons. The van der Waals surface area contributed by atoms with Crippen molar-refractivity contribution in [2.75, 3.05) is 41.3 Å². The molecular formula is C23H30N4O4S. The summed E-state index contributed by atoms with van der Waals surface area (Å²) in [5.41, 5.74) is 0.176. The van der Waals surface area contributed by atoms with E-state index in [1.54, 1.807) is 43.3 Å². The van der Waals surface area contributed by atoms with Crippen molar-refractivity contribution in [3.63, 3.8) is 0 Å². The monoisotopic (exact) mass is 458 g/mol. The summed E-state index contributed by atoms with van der Waals surface area (Å²) in [6.07, 6.45) is -0.134. The molecule has 0 N–H and O–H groups in total. The van der Waals surface area contributed by atoms with E-state index in [1.807, 2.05) is 31.3 Å². The molecule has 0 spiro atoms. The number of amides is 3. The Morgan fingerprint density at radius 2 is 2.03 bits per heavy atom. The van der Waals surface area contributed by atoms with Crippen LogP contribution < -0.4 is 4.74 Å². The van der Waals surface area contributed by atoms with Crippen LogP contribution in [0.1, 0.15) is 29.1 Å². The standard InChI is InChI=1S/C23H30N4O4S/c1-16-24-18(15-32-16)14-26(4)20(28)12-23(17-7-6-8-19(11-17)31-5)13-21(29)27(22(23)30)10-9-25(2)3/h6-8,11,15H,9-10,12-14H2,1-5H3/t23-/m0/s1. The largest absolute Gasteiger partial charge is 0.497 e. The van der Waals surface area contributed by atoms with Crippen LogP contribution in [0.2, 0.25) is 0 Å². The average molecular weight is 459 g/mol. The zero-order chi connectivity index (χ0) is 23.5. The van der Waals surface area contributed by atoms with Gasteiger partial charge >= 0.3 is 0 Å². The minimum atomic E-state index is -1.25. The Morgan fingerprint density at radius 1 is 1.28 bits per heavy atom. The first kappa shape index (κ1) is 23.9. The number of rotatable bonds is 9. The summed E-state index contributed by atoms with van der Waals surface area (Å²) in [4.78, 5) is 49.0. The van der Waals surface area contributed by atoms with Crippen LogP contribution in [0.5, 0.6) is 5.75 Å². The number of hydrogen-bond acceptors (Lipinski definition) is 7. The van der Waals surface area contributed by atoms with E-state index in [0.717, 1.165) is 10.7 Å². The minimum absolute atomic E-state index is 0.0399. The van der Waals surface area contributed by atoms with Gasteiger partial charge in [-0.2, -0.15) is 0 Å². The molecule has 1 aliphatic heterocycles. The second-order valence-corrected chi connectivity index (χ2v) is 9.49. The molecule has 2 aromatic rings. The molecule has 3 amide bonds. The van der Waals surface area contributed by atoms with E-state index < -0.39 is 5.41 Å². The highest BCUT2D eigenvalue weighted by atomic mass is 32.1. The quantitative estimate of drug-likeness (QED) is 0.535. The SMILES string of the molecule is COc1cccc([C@]2(CC(=O)N(C)Cc3csc(C)n3)CC(=O)N(CCN(C)C)C2=O)c1. The van der Waals surface area contributed by atoms with Gasteiger partial charge in [0.05, 0.1) is 29.8 Å². The van der Waals surface area contributed by atoms with E-state index >= 15 is 0 Å². The predicted molar refractivity (Wildman–Crippen MR) is 123 cm³/mol. The molecule has 0 bridgehead atoms. The number of ether oxygens (including phenoxy) is 1. The van der Waals surface area contributed by atoms with Crippen molar-refractivity contribution in [2.24, 2.45) is 0 Å². The topological polar surface area (TPSA) is 83.1 Å². The van der Waals surface area contributed by atoms with Gasteiger partial charge in [-0.1, -0.05) is 12.1 Å². The first-order chi connectivity index (χ1) is 15.2. The number of aromatic nitrogens is 1. The van der Waals surface area contributed by atoms with Crippen LogP contribution in [0.25, 0.3) is 0 Å². The molecule has 172 valence electrons. The molecule has 2 heterocycles. The molecule has 0 saturated carbocycles. The summed E-state index contributed by atoms with van der Waals surface area (Å²) >= 11 is 1.53. The Balaban J connectivity index is 1.91. The van der Waals surface area contributed by atoms with Crippen molar-refractivity contribution < 1.29 is 19.1 Å². The number of likely N-dealkylation sites (tertiary alicyclic amines) is 1. The highest BCUT2D eigenvalue weighted by Crippen LogP contribution is 2.41. The lowest BCUT2D eigenvalue weighted by molar-refractivity contribution is -0.142. The number of methoxy groups -OCH3 is 1. The normalized spacial score (nSPS) is 18.5. The number of imide groups is 1. The molecule has 0 aliphatic carbocycles. The minimum Gasteiger partial charge on any atom is -0.497 e. The van der Waals surface area contributed by atoms with E-state index in [0.29, 0.717) is 30.9 Å². The van der Waals surface area contributed by atoms with Gasteiger partial charge in [0.25, 0.3) is 0 Å². The maximum Gasteiger partial charge on any atom is 0.240 e. The van der Waals surface area contributed by atoms with Gasteiger partial charge < -0.3 is 14.5 Å². The Hall–Kier alpha value is -2.78. The molecule has 1 atom stereocenters. The molecule has 8 nitrogen and oxygen atoms in total. The van der Waals surface area contributed by atoms with Gasteiger partial charge in [-0.3, -0.25) is 19.3 Å². The molecule has 9 heteroatoms. The fourth-order valence-electron chi connectivity index (χ4n) is 3.92. The van der Waals surface area contributed by atoms with Gasteiger partial charge in [0, 0.05) is 38.4 Å². The average Bonchev–Trinajstić information content (AvgIpc) is 3.27. The second-order valence-electron chi connectivity index (χ2n) is 8.43. The van der Waals surface area contributed by atoms with Gasteiger partial charge in [-0.15, -0.1) is 11.3 Å². The Bertz CT molecular complexity index is 1010. The van der Waals surface area contributed by atoms with E-state index in [1.165, 1.54) is 16.2 Å². The number of thiazole rings is 1. The Morgan fingerprint density at radius 3 is 2.66 bits per heavy atom. The molecule has 1 aliphatic rings. The lowest BCUT2D eigenvalue weighted by Gasteiger charge is -2.29. The fraction of sp³-hybridized carbons (Fsp3) is 0.478. The van der Waals surface area contributed by atoms with Crippen LogP contribution in [0.15, 0.2) is 29.6 Å². The molecule has 1 fully saturated rings. The molecule has 32 heavy (non-hydrogen) atoms. The van der Waals surface area contributed by atoms with E-state index in [9.17, 15) is 14.4 Å². The number of aryl methyl sites for hydroxylation is 1. The third kappa shape index (κ3) is 4.99. The summed E-state index contributed by atoms with van der Waals surface area (Å²) < 4.78 is 5.34. The number of carbonyl (C=O) groups excluding carboxylic acids is 3. The van der Waals surface area contributed by atoms with Gasteiger partial charge in [0.1, 0.15) is 5.75 Å². The molecular weight excluding hydrogens is 428 g/mol. The first-order valence-corrected chi connectivity index (χ1v) is 11.3. The van der Waals surface area contributed by atoms with Crippen LogP contribution in [-0.4, -0.2) is 78.7 Å². The summed E-state index contributed by atoms with van der Waals surface area (Å²) in [6, 6.07) is 7.10. The third-order valence-corrected chi connectivity index (χ3v) is 6.57. The van der Waals surface area contributed by atoms with Crippen molar-refractivity contribution in [3.8, 4) is 5.75 Å². The van der Waals surface area contributed by atoms with E-state index in [2.05, 4.69) is 4.98 Å². The Kier molecular flexibility index (Phi) is 7.30. The van der Waals surface area contributed by atoms with Gasteiger partial charge in [0.2, 0.25) is 17.7 Å². The lowest BCUT2D eigenvalue weighted by Crippen LogP contribution is -2.44. The van der Waals surface area contributed by atoms with Crippen LogP contribution in [0.4, 0.5) is 0 Å². The number of likely N-dealkylation sites (N-methyl/N-ethyl adjacent to an activating group) is 1. The zero-order valence-electron chi connectivity index (χ0n) is 19.3. The van der Waals surface area contributed by atoms with Crippen molar-refractivity contribution in [1.82, 2.24) is 19.7 Å². The van der Waals surface area contributed by atoms with Crippen LogP contribution in [0.3, 0.4) is 0 Å². The van der Waals surface area contributed by atoms with Gasteiger partial charge in [-0.05, 0) is 38.7 Å². The van der Waals surface area contributed by atoms with E-state index in [4.69, 9.17) is 4.74 Å². The maximum atomic E-state index is 13.6. The molecule has 1 aromatic carbocycles. The second kappa shape index (κ2) is 9.79. The molecule has 0 unspecified atom stereocenters. The first-order valence-electron chi connectivity index (χ1n) is 10.5. The zero-order valence-corrected chi connectivity index (χ0v) is 20.1. The maximum absolute atomic E-state index is 13.6. The number of hydrogen-bond donors (Lipinski definition) is 0. The number of carbonyl (C=O) groups is 3. The predicted octanol–water partition coefficient (Wildman–Crippen LogP) is 2.07. The molecule has 1 saturated heterocycles. The smallest absolute Gasteiger partial charge is 0.240 e. The molecule has 1 aromatic heterocycles. The summed E-state index contributed by atoms with van der Waals surface area (Å²) in [6.45, 7) is 3.12. The van der Waals surface area contributed by atoms with E-state index in [-0.39, 0.29) is 30.6 Å². The number of benzene rings is 1. The summed E-state index contributed by atoms with van der Waals surface area (Å²) in [5.74, 6) is -0.226. The van der Waals surface area contributed by atoms with Crippen LogP contribution in [0, 0.1) is 6.92 Å². The third-order valence-electron chi connectivity index (χ3n) is 5.75.